The van der Waals surface area contributed by atoms with Crippen molar-refractivity contribution in [2.75, 3.05) is 20.2 Å². The number of likely N-dealkylation sites (N-methyl/N-ethyl adjacent to an activating group) is 1. The zero-order valence-corrected chi connectivity index (χ0v) is 15.6. The fraction of sp³-hybridized carbons (Fsp3) is 0.684. The lowest BCUT2D eigenvalue weighted by molar-refractivity contribution is 0.132. The highest BCUT2D eigenvalue weighted by molar-refractivity contribution is 5.94. The fourth-order valence-corrected chi connectivity index (χ4v) is 3.67. The molecule has 2 aliphatic rings. The van der Waals surface area contributed by atoms with Crippen LogP contribution in [0.5, 0.6) is 0 Å². The molecule has 1 aliphatic heterocycles. The van der Waals surface area contributed by atoms with Crippen molar-refractivity contribution >= 4 is 11.8 Å². The topological polar surface area (TPSA) is 74.2 Å². The van der Waals surface area contributed by atoms with Crippen LogP contribution in [-0.2, 0) is 4.74 Å². The minimum absolute atomic E-state index is 0.0196. The normalized spacial score (nSPS) is 22.8. The molecule has 6 heteroatoms. The number of ether oxygens (including phenoxy) is 1. The lowest BCUT2D eigenvalue weighted by atomic mass is 9.80. The number of hydrogen-bond donors (Lipinski definition) is 2. The number of amides is 1. The van der Waals surface area contributed by atoms with Crippen LogP contribution in [0.2, 0.25) is 0 Å². The summed E-state index contributed by atoms with van der Waals surface area (Å²) in [6, 6.07) is 0. The van der Waals surface area contributed by atoms with Crippen LogP contribution in [0.4, 0.5) is 4.79 Å². The van der Waals surface area contributed by atoms with E-state index in [-0.39, 0.29) is 18.6 Å². The Morgan fingerprint density at radius 2 is 2.20 bits per heavy atom. The van der Waals surface area contributed by atoms with Crippen LogP contribution in [0.15, 0.2) is 28.5 Å². The van der Waals surface area contributed by atoms with Crippen LogP contribution in [0.25, 0.3) is 0 Å². The number of aliphatic hydroxyl groups is 1. The smallest absolute Gasteiger partial charge is 0.407 e. The highest BCUT2D eigenvalue weighted by atomic mass is 16.6. The Kier molecular flexibility index (Phi) is 7.50. The van der Waals surface area contributed by atoms with Crippen LogP contribution in [0.1, 0.15) is 52.4 Å². The van der Waals surface area contributed by atoms with Gasteiger partial charge < -0.3 is 15.2 Å². The van der Waals surface area contributed by atoms with Crippen molar-refractivity contribution in [3.63, 3.8) is 0 Å². The minimum Gasteiger partial charge on any atom is -0.440 e. The third-order valence-corrected chi connectivity index (χ3v) is 4.89. The summed E-state index contributed by atoms with van der Waals surface area (Å²) < 4.78 is 5.48. The van der Waals surface area contributed by atoms with Gasteiger partial charge >= 0.3 is 6.09 Å². The molecule has 2 atom stereocenters. The Bertz CT molecular complexity index is 554. The van der Waals surface area contributed by atoms with Gasteiger partial charge in [0.05, 0.1) is 18.0 Å². The summed E-state index contributed by atoms with van der Waals surface area (Å²) in [6.07, 6.45) is 9.82. The highest BCUT2D eigenvalue weighted by Gasteiger charge is 2.34. The quantitative estimate of drug-likeness (QED) is 0.799. The maximum atomic E-state index is 11.7. The van der Waals surface area contributed by atoms with E-state index in [0.717, 1.165) is 43.6 Å². The average Bonchev–Trinajstić information content (AvgIpc) is 2.59. The number of hydrazone groups is 1. The Balaban J connectivity index is 2.38. The lowest BCUT2D eigenvalue weighted by Gasteiger charge is -2.37. The molecule has 0 aromatic rings. The van der Waals surface area contributed by atoms with E-state index in [9.17, 15) is 9.90 Å². The molecule has 0 bridgehead atoms. The van der Waals surface area contributed by atoms with Gasteiger partial charge in [-0.3, -0.25) is 5.01 Å². The van der Waals surface area contributed by atoms with E-state index in [1.807, 2.05) is 18.0 Å². The maximum Gasteiger partial charge on any atom is 0.407 e. The molecule has 0 aromatic heterocycles. The number of nitrogens with zero attached hydrogens (tertiary/aromatic N) is 2. The summed E-state index contributed by atoms with van der Waals surface area (Å²) in [5.74, 6) is 0.209. The van der Waals surface area contributed by atoms with Crippen molar-refractivity contribution in [1.29, 1.82) is 0 Å². The first-order valence-electron chi connectivity index (χ1n) is 9.37. The van der Waals surface area contributed by atoms with Crippen LogP contribution < -0.4 is 5.32 Å². The number of hydrogen-bond acceptors (Lipinski definition) is 5. The minimum atomic E-state index is -0.430. The van der Waals surface area contributed by atoms with Gasteiger partial charge in [-0.25, -0.2) is 4.79 Å². The Hall–Kier alpha value is -1.82. The molecule has 1 fully saturated rings. The van der Waals surface area contributed by atoms with E-state index < -0.39 is 6.09 Å². The molecule has 0 spiro atoms. The molecule has 1 saturated carbocycles. The maximum absolute atomic E-state index is 11.7. The van der Waals surface area contributed by atoms with Crippen molar-refractivity contribution in [3.05, 3.63) is 23.4 Å². The van der Waals surface area contributed by atoms with Crippen LogP contribution >= 0.6 is 0 Å². The molecule has 2 N–H and O–H groups in total. The van der Waals surface area contributed by atoms with Gasteiger partial charge in [-0.2, -0.15) is 5.10 Å². The Morgan fingerprint density at radius 3 is 2.88 bits per heavy atom. The second kappa shape index (κ2) is 9.61. The second-order valence-electron chi connectivity index (χ2n) is 6.54. The summed E-state index contributed by atoms with van der Waals surface area (Å²) in [6.45, 7) is 4.71. The largest absolute Gasteiger partial charge is 0.440 e. The molecule has 0 radical (unpaired) electrons. The first kappa shape index (κ1) is 19.5. The summed E-state index contributed by atoms with van der Waals surface area (Å²) in [7, 11) is 1.56. The van der Waals surface area contributed by atoms with E-state index in [4.69, 9.17) is 9.84 Å². The van der Waals surface area contributed by atoms with Crippen molar-refractivity contribution < 1.29 is 14.6 Å². The molecule has 2 unspecified atom stereocenters. The van der Waals surface area contributed by atoms with E-state index >= 15 is 0 Å². The third-order valence-electron chi connectivity index (χ3n) is 4.89. The van der Waals surface area contributed by atoms with Gasteiger partial charge in [0.15, 0.2) is 0 Å². The van der Waals surface area contributed by atoms with Crippen LogP contribution in [0.3, 0.4) is 0 Å². The van der Waals surface area contributed by atoms with E-state index in [1.165, 1.54) is 18.4 Å². The predicted octanol–water partition coefficient (Wildman–Crippen LogP) is 3.20. The molecule has 1 aliphatic carbocycles. The summed E-state index contributed by atoms with van der Waals surface area (Å²) in [4.78, 5) is 11.7. The molecule has 140 valence electrons. The number of nitrogens with one attached hydrogen (secondary N) is 1. The van der Waals surface area contributed by atoms with Gasteiger partial charge in [0.2, 0.25) is 0 Å². The summed E-state index contributed by atoms with van der Waals surface area (Å²) in [5.41, 5.74) is 3.39. The van der Waals surface area contributed by atoms with E-state index in [2.05, 4.69) is 12.2 Å². The molecule has 1 heterocycles. The van der Waals surface area contributed by atoms with Crippen molar-refractivity contribution in [3.8, 4) is 0 Å². The SMILES string of the molecule is CCN1N=C(C(C)OC(=O)NC)C2CCCCCCC2=C1/C=C\CO. The van der Waals surface area contributed by atoms with Crippen molar-refractivity contribution in [1.82, 2.24) is 10.3 Å². The number of allylic oxidation sites excluding steroid dienone is 2. The monoisotopic (exact) mass is 349 g/mol. The summed E-state index contributed by atoms with van der Waals surface area (Å²) >= 11 is 0. The highest BCUT2D eigenvalue weighted by Crippen LogP contribution is 2.37. The van der Waals surface area contributed by atoms with Crippen molar-refractivity contribution in [2.24, 2.45) is 11.0 Å². The number of aliphatic hydroxyl groups excluding tert-OH is 1. The zero-order chi connectivity index (χ0) is 18.2. The van der Waals surface area contributed by atoms with Gasteiger partial charge in [0.25, 0.3) is 0 Å². The van der Waals surface area contributed by atoms with Gasteiger partial charge in [-0.1, -0.05) is 25.3 Å². The van der Waals surface area contributed by atoms with Gasteiger partial charge in [-0.05, 0) is 44.8 Å². The molecule has 0 saturated heterocycles. The van der Waals surface area contributed by atoms with Gasteiger partial charge in [0.1, 0.15) is 6.10 Å². The third kappa shape index (κ3) is 4.84. The molecule has 2 rings (SSSR count). The number of fused-ring (bicyclic) bond motifs is 1. The fourth-order valence-electron chi connectivity index (χ4n) is 3.67. The van der Waals surface area contributed by atoms with Gasteiger partial charge in [-0.15, -0.1) is 0 Å². The Labute approximate surface area is 150 Å². The number of alkyl carbamates (subject to hydrolysis) is 1. The molecular weight excluding hydrogens is 318 g/mol. The second-order valence-corrected chi connectivity index (χ2v) is 6.54. The van der Waals surface area contributed by atoms with E-state index in [0.29, 0.717) is 0 Å². The van der Waals surface area contributed by atoms with Crippen molar-refractivity contribution in [2.45, 2.75) is 58.5 Å². The molecule has 6 nitrogen and oxygen atoms in total. The van der Waals surface area contributed by atoms with E-state index in [1.54, 1.807) is 13.1 Å². The van der Waals surface area contributed by atoms with Crippen LogP contribution in [-0.4, -0.2) is 48.2 Å². The van der Waals surface area contributed by atoms with Gasteiger partial charge in [0, 0.05) is 19.5 Å². The molecule has 25 heavy (non-hydrogen) atoms. The number of rotatable bonds is 5. The molecular formula is C19H31N3O3. The first-order chi connectivity index (χ1) is 12.1. The predicted molar refractivity (Wildman–Crippen MR) is 99.3 cm³/mol. The molecule has 0 aromatic carbocycles. The average molecular weight is 349 g/mol. The first-order valence-corrected chi connectivity index (χ1v) is 9.37. The zero-order valence-electron chi connectivity index (χ0n) is 15.6. The number of carbonyl (C=O) groups excluding carboxylic acids is 1. The molecule has 1 amide bonds. The summed E-state index contributed by atoms with van der Waals surface area (Å²) in [5, 5.41) is 18.5. The van der Waals surface area contributed by atoms with Crippen LogP contribution in [0, 0.1) is 5.92 Å². The Morgan fingerprint density at radius 1 is 1.44 bits per heavy atom. The standard InChI is InChI=1S/C19H31N3O3/c1-4-22-17(12-9-13-23)15-10-7-5-6-8-11-16(15)18(21-22)14(2)25-19(24)20-3/h9,12,14,16,23H,4-8,10-11,13H2,1-3H3,(H,20,24)/b12-9-. The number of carbonyl (C=O) groups is 1. The lowest BCUT2D eigenvalue weighted by Crippen LogP contribution is -2.40.